The summed E-state index contributed by atoms with van der Waals surface area (Å²) in [6.45, 7) is 15.0. The minimum Gasteiger partial charge on any atom is -0.497 e. The van der Waals surface area contributed by atoms with Crippen molar-refractivity contribution in [1.82, 2.24) is 15.0 Å². The largest absolute Gasteiger partial charge is 0.497 e. The number of amides is 2. The van der Waals surface area contributed by atoms with Gasteiger partial charge in [0.15, 0.2) is 5.60 Å². The molecule has 3 aliphatic heterocycles. The number of ether oxygens (including phenoxy) is 2. The molecule has 0 radical (unpaired) electrons. The third-order valence-electron chi connectivity index (χ3n) is 11.5. The van der Waals surface area contributed by atoms with Crippen LogP contribution in [0.15, 0.2) is 72.0 Å². The number of aryl methyl sites for hydroxylation is 1. The van der Waals surface area contributed by atoms with Crippen LogP contribution in [0.4, 0.5) is 11.4 Å². The van der Waals surface area contributed by atoms with Crippen molar-refractivity contribution in [3.8, 4) is 5.75 Å². The number of aromatic nitrogens is 3. The van der Waals surface area contributed by atoms with Crippen LogP contribution >= 0.6 is 0 Å². The molecule has 11 heteroatoms. The highest BCUT2D eigenvalue weighted by Gasteiger charge is 2.66. The van der Waals surface area contributed by atoms with Crippen molar-refractivity contribution in [2.45, 2.75) is 103 Å². The molecule has 52 heavy (non-hydrogen) atoms. The van der Waals surface area contributed by atoms with Crippen LogP contribution in [-0.2, 0) is 32.9 Å². The lowest BCUT2D eigenvalue weighted by molar-refractivity contribution is -0.145. The lowest BCUT2D eigenvalue weighted by atomic mass is 9.82. The number of hydrogen-bond acceptors (Lipinski definition) is 7. The number of allylic oxidation sites excluding steroid dienone is 3. The molecule has 6 rings (SSSR count). The van der Waals surface area contributed by atoms with Crippen molar-refractivity contribution in [1.29, 1.82) is 0 Å². The van der Waals surface area contributed by atoms with E-state index < -0.39 is 13.7 Å². The highest BCUT2D eigenvalue weighted by Crippen LogP contribution is 2.60. The molecule has 1 aromatic heterocycles. The summed E-state index contributed by atoms with van der Waals surface area (Å²) in [7, 11) is -0.663. The predicted molar refractivity (Wildman–Crippen MR) is 208 cm³/mol. The summed E-state index contributed by atoms with van der Waals surface area (Å²) in [5.41, 5.74) is 4.68. The van der Waals surface area contributed by atoms with Crippen molar-refractivity contribution in [3.05, 3.63) is 83.2 Å². The number of aliphatic hydroxyl groups excluding tert-OH is 1. The van der Waals surface area contributed by atoms with Crippen LogP contribution in [0, 0.1) is 5.92 Å². The van der Waals surface area contributed by atoms with Crippen LogP contribution in [0.5, 0.6) is 5.75 Å². The second-order valence-electron chi connectivity index (χ2n) is 15.5. The van der Waals surface area contributed by atoms with Crippen LogP contribution in [0.3, 0.4) is 0 Å². The third kappa shape index (κ3) is 7.15. The van der Waals surface area contributed by atoms with Gasteiger partial charge in [-0.15, -0.1) is 5.10 Å². The van der Waals surface area contributed by atoms with Gasteiger partial charge in [0.05, 0.1) is 32.7 Å². The minimum atomic E-state index is -2.34. The monoisotopic (exact) mass is 725 g/mol. The molecule has 0 bridgehead atoms. The van der Waals surface area contributed by atoms with Crippen molar-refractivity contribution in [3.63, 3.8) is 0 Å². The Kier molecular flexibility index (Phi) is 11.2. The van der Waals surface area contributed by atoms with Crippen LogP contribution in [0.2, 0.25) is 18.6 Å². The fourth-order valence-electron chi connectivity index (χ4n) is 8.72. The summed E-state index contributed by atoms with van der Waals surface area (Å²) in [5, 5.41) is 19.3. The molecule has 0 aliphatic carbocycles. The van der Waals surface area contributed by atoms with Gasteiger partial charge in [0.2, 0.25) is 5.91 Å². The molecule has 2 amide bonds. The lowest BCUT2D eigenvalue weighted by Gasteiger charge is -2.37. The molecule has 278 valence electrons. The Bertz CT molecular complexity index is 1830. The van der Waals surface area contributed by atoms with E-state index in [1.165, 1.54) is 16.3 Å². The summed E-state index contributed by atoms with van der Waals surface area (Å²) in [6, 6.07) is 14.5. The molecule has 0 saturated carbocycles. The SMILES string of the molecule is COc1ccc([Si](C)(C)[C@H]2[C@H](CCn3cc(CCO)nn3)O[C@@]3(C(=O)N(C/C=C(\C)CCC=C(C)C)c4ccc(N5CCCC5=O)cc43)[C@@H]2C)cc1. The molecule has 1 N–H and O–H groups in total. The van der Waals surface area contributed by atoms with Crippen LogP contribution in [0.25, 0.3) is 0 Å². The Morgan fingerprint density at radius 2 is 1.88 bits per heavy atom. The smallest absolute Gasteiger partial charge is 0.264 e. The van der Waals surface area contributed by atoms with E-state index in [4.69, 9.17) is 9.47 Å². The van der Waals surface area contributed by atoms with E-state index in [9.17, 15) is 9.90 Å². The zero-order chi connectivity index (χ0) is 37.2. The van der Waals surface area contributed by atoms with E-state index in [-0.39, 0.29) is 36.0 Å². The van der Waals surface area contributed by atoms with Gasteiger partial charge in [0.25, 0.3) is 5.91 Å². The number of nitrogens with zero attached hydrogens (tertiary/aromatic N) is 5. The Labute approximate surface area is 309 Å². The number of fused-ring (bicyclic) bond motifs is 2. The first kappa shape index (κ1) is 37.7. The molecule has 4 heterocycles. The Hall–Kier alpha value is -4.06. The van der Waals surface area contributed by atoms with Gasteiger partial charge in [-0.1, -0.05) is 65.8 Å². The molecular formula is C41H55N5O5Si. The highest BCUT2D eigenvalue weighted by atomic mass is 28.3. The number of hydrogen-bond donors (Lipinski definition) is 1. The van der Waals surface area contributed by atoms with Gasteiger partial charge >= 0.3 is 0 Å². The molecule has 4 atom stereocenters. The van der Waals surface area contributed by atoms with E-state index in [0.717, 1.165) is 47.6 Å². The van der Waals surface area contributed by atoms with Crippen molar-refractivity contribution < 1.29 is 24.2 Å². The zero-order valence-electron chi connectivity index (χ0n) is 31.9. The maximum Gasteiger partial charge on any atom is 0.264 e. The molecule has 3 aliphatic rings. The summed E-state index contributed by atoms with van der Waals surface area (Å²) < 4.78 is 14.7. The topological polar surface area (TPSA) is 110 Å². The summed E-state index contributed by atoms with van der Waals surface area (Å²) >= 11 is 0. The highest BCUT2D eigenvalue weighted by molar-refractivity contribution is 6.91. The zero-order valence-corrected chi connectivity index (χ0v) is 32.9. The van der Waals surface area contributed by atoms with Crippen LogP contribution in [-0.4, -0.2) is 72.9 Å². The van der Waals surface area contributed by atoms with E-state index in [1.807, 2.05) is 44.9 Å². The van der Waals surface area contributed by atoms with Crippen LogP contribution in [0.1, 0.15) is 71.1 Å². The van der Waals surface area contributed by atoms with Gasteiger partial charge in [0, 0.05) is 62.4 Å². The molecule has 2 saturated heterocycles. The molecular weight excluding hydrogens is 671 g/mol. The number of anilines is 2. The number of carbonyl (C=O) groups excluding carboxylic acids is 2. The number of aliphatic hydroxyl groups is 1. The average Bonchev–Trinajstić information content (AvgIpc) is 3.88. The van der Waals surface area contributed by atoms with E-state index in [2.05, 4.69) is 81.5 Å². The molecule has 2 aromatic carbocycles. The third-order valence-corrected chi connectivity index (χ3v) is 15.9. The number of carbonyl (C=O) groups is 2. The molecule has 3 aromatic rings. The van der Waals surface area contributed by atoms with E-state index >= 15 is 4.79 Å². The maximum atomic E-state index is 15.2. The predicted octanol–water partition coefficient (Wildman–Crippen LogP) is 6.29. The van der Waals surface area contributed by atoms with Gasteiger partial charge in [0.1, 0.15) is 5.75 Å². The van der Waals surface area contributed by atoms with Crippen molar-refractivity contribution >= 4 is 36.4 Å². The maximum absolute atomic E-state index is 15.2. The first-order chi connectivity index (χ1) is 24.9. The van der Waals surface area contributed by atoms with Crippen molar-refractivity contribution in [2.75, 3.05) is 36.6 Å². The quantitative estimate of drug-likeness (QED) is 0.154. The summed E-state index contributed by atoms with van der Waals surface area (Å²) in [6.07, 6.45) is 10.4. The second kappa shape index (κ2) is 15.5. The fraction of sp³-hybridized carbons (Fsp3) is 0.512. The number of rotatable bonds is 14. The van der Waals surface area contributed by atoms with Gasteiger partial charge in [-0.25, -0.2) is 0 Å². The van der Waals surface area contributed by atoms with Crippen LogP contribution < -0.4 is 19.7 Å². The molecule has 1 spiro atoms. The molecule has 0 unspecified atom stereocenters. The Balaban J connectivity index is 1.42. The van der Waals surface area contributed by atoms with Gasteiger partial charge in [-0.3, -0.25) is 14.3 Å². The van der Waals surface area contributed by atoms with E-state index in [1.54, 1.807) is 7.11 Å². The fourth-order valence-corrected chi connectivity index (χ4v) is 12.8. The Morgan fingerprint density at radius 3 is 2.56 bits per heavy atom. The molecule has 10 nitrogen and oxygen atoms in total. The van der Waals surface area contributed by atoms with Crippen molar-refractivity contribution in [2.24, 2.45) is 5.92 Å². The van der Waals surface area contributed by atoms with Gasteiger partial charge in [-0.2, -0.15) is 0 Å². The van der Waals surface area contributed by atoms with Gasteiger partial charge in [-0.05, 0) is 82.3 Å². The second-order valence-corrected chi connectivity index (χ2v) is 20.2. The summed E-state index contributed by atoms with van der Waals surface area (Å²) in [5.74, 6) is 0.727. The first-order valence-corrected chi connectivity index (χ1v) is 21.9. The number of methoxy groups -OCH3 is 1. The number of benzene rings is 2. The normalized spacial score (nSPS) is 23.2. The first-order valence-electron chi connectivity index (χ1n) is 18.8. The standard InChI is InChI=1S/C41H55N5O5Si/c1-28(2)10-8-11-29(3)19-24-46-36-18-13-32(45-22-9-12-38(45)48)26-35(36)41(40(46)49)30(4)39(52(6,7)34-16-14-33(50-5)15-17-34)37(51-41)20-23-44-27-31(21-25-47)42-43-44/h10,13-19,26-27,30,37,39,47H,8-9,11-12,20-25H2,1-7H3/b29-19+/t30-,37+,39-,41+/m1/s1. The lowest BCUT2D eigenvalue weighted by Crippen LogP contribution is -2.52. The average molecular weight is 726 g/mol. The summed E-state index contributed by atoms with van der Waals surface area (Å²) in [4.78, 5) is 32.0. The molecule has 2 fully saturated rings. The minimum absolute atomic E-state index is 0.0153. The van der Waals surface area contributed by atoms with E-state index in [0.29, 0.717) is 38.9 Å². The Morgan fingerprint density at radius 1 is 1.12 bits per heavy atom. The van der Waals surface area contributed by atoms with Gasteiger partial charge < -0.3 is 24.4 Å².